The molecule has 216 valence electrons. The fourth-order valence-electron chi connectivity index (χ4n) is 4.67. The third-order valence-corrected chi connectivity index (χ3v) is 6.96. The Morgan fingerprint density at radius 2 is 1.67 bits per heavy atom. The fourth-order valence-corrected chi connectivity index (χ4v) is 4.67. The summed E-state index contributed by atoms with van der Waals surface area (Å²) in [5.74, 6) is 1.96. The van der Waals surface area contributed by atoms with E-state index < -0.39 is 5.91 Å². The summed E-state index contributed by atoms with van der Waals surface area (Å²) < 4.78 is 11.0. The number of carbonyl (C=O) groups is 2. The van der Waals surface area contributed by atoms with E-state index in [4.69, 9.17) is 19.7 Å². The fraction of sp³-hybridized carbons (Fsp3) is 0.630. The molecule has 2 amide bonds. The van der Waals surface area contributed by atoms with Crippen molar-refractivity contribution in [3.05, 3.63) is 12.1 Å². The number of hydrogen-bond acceptors (Lipinski definition) is 10. The maximum Gasteiger partial charge on any atom is 0.243 e. The van der Waals surface area contributed by atoms with Gasteiger partial charge in [0.1, 0.15) is 5.82 Å². The van der Waals surface area contributed by atoms with Crippen LogP contribution in [0.25, 0.3) is 10.9 Å². The monoisotopic (exact) mass is 545 g/mol. The lowest BCUT2D eigenvalue weighted by atomic mass is 10.0. The lowest BCUT2D eigenvalue weighted by Gasteiger charge is -2.35. The maximum atomic E-state index is 12.1. The first kappa shape index (κ1) is 30.2. The number of anilines is 2. The van der Waals surface area contributed by atoms with E-state index in [0.717, 1.165) is 49.1 Å². The highest BCUT2D eigenvalue weighted by Gasteiger charge is 2.22. The Bertz CT molecular complexity index is 1090. The topological polar surface area (TPSA) is 150 Å². The van der Waals surface area contributed by atoms with Gasteiger partial charge in [0, 0.05) is 62.6 Å². The Kier molecular flexibility index (Phi) is 11.8. The van der Waals surface area contributed by atoms with Crippen LogP contribution in [-0.2, 0) is 9.59 Å². The summed E-state index contributed by atoms with van der Waals surface area (Å²) in [7, 11) is 3.21. The number of fused-ring (bicyclic) bond motifs is 1. The van der Waals surface area contributed by atoms with Crippen LogP contribution in [0.15, 0.2) is 12.1 Å². The van der Waals surface area contributed by atoms with Crippen LogP contribution in [-0.4, -0.2) is 84.4 Å². The van der Waals surface area contributed by atoms with Crippen molar-refractivity contribution in [2.75, 3.05) is 51.0 Å². The molecule has 2 aromatic rings. The predicted molar refractivity (Wildman–Crippen MR) is 151 cm³/mol. The molecule has 1 saturated heterocycles. The van der Waals surface area contributed by atoms with E-state index >= 15 is 0 Å². The largest absolute Gasteiger partial charge is 0.493 e. The molecule has 39 heavy (non-hydrogen) atoms. The molecule has 0 bridgehead atoms. The first-order valence-electron chi connectivity index (χ1n) is 13.7. The minimum atomic E-state index is -0.408. The number of piperidine rings is 1. The van der Waals surface area contributed by atoms with Crippen LogP contribution < -0.4 is 30.9 Å². The van der Waals surface area contributed by atoms with Gasteiger partial charge in [-0.3, -0.25) is 14.8 Å². The number of nitrogens with zero attached hydrogens (tertiary/aromatic N) is 3. The molecule has 2 heterocycles. The smallest absolute Gasteiger partial charge is 0.243 e. The summed E-state index contributed by atoms with van der Waals surface area (Å²) in [5.41, 5.74) is 2.34. The van der Waals surface area contributed by atoms with Crippen LogP contribution in [0.2, 0.25) is 0 Å². The average molecular weight is 546 g/mol. The third-order valence-electron chi connectivity index (χ3n) is 6.96. The van der Waals surface area contributed by atoms with E-state index in [9.17, 15) is 9.59 Å². The highest BCUT2D eigenvalue weighted by molar-refractivity contribution is 5.92. The number of ether oxygens (including phenoxy) is 2. The second-order valence-electron chi connectivity index (χ2n) is 10.0. The second-order valence-corrected chi connectivity index (χ2v) is 10.0. The molecule has 0 aliphatic carbocycles. The SMILES string of the molecule is COc1cc2nc(NCCNC(=O)CCCCCC(=O)NO)nc(NC3CCN(C(C)C)CC3)c2cc1OC. The number of hydroxylamine groups is 1. The second kappa shape index (κ2) is 15.3. The number of rotatable bonds is 15. The number of benzene rings is 1. The van der Waals surface area contributed by atoms with Crippen LogP contribution in [0.4, 0.5) is 11.8 Å². The first-order valence-corrected chi connectivity index (χ1v) is 13.7. The molecule has 0 saturated carbocycles. The molecule has 1 aliphatic heterocycles. The molecule has 12 nitrogen and oxygen atoms in total. The van der Waals surface area contributed by atoms with E-state index in [1.807, 2.05) is 12.1 Å². The number of likely N-dealkylation sites (tertiary alicyclic amines) is 1. The van der Waals surface area contributed by atoms with Gasteiger partial charge < -0.3 is 30.3 Å². The molecule has 0 spiro atoms. The molecule has 0 unspecified atom stereocenters. The average Bonchev–Trinajstić information content (AvgIpc) is 2.94. The Hall–Kier alpha value is -3.38. The number of hydrogen-bond donors (Lipinski definition) is 5. The van der Waals surface area contributed by atoms with Crippen molar-refractivity contribution in [3.63, 3.8) is 0 Å². The summed E-state index contributed by atoms with van der Waals surface area (Å²) in [6.07, 6.45) is 4.75. The Labute approximate surface area is 230 Å². The van der Waals surface area contributed by atoms with Crippen molar-refractivity contribution in [2.45, 2.75) is 70.9 Å². The van der Waals surface area contributed by atoms with Crippen molar-refractivity contribution in [3.8, 4) is 11.5 Å². The zero-order chi connectivity index (χ0) is 28.2. The van der Waals surface area contributed by atoms with Crippen LogP contribution in [0.1, 0.15) is 58.8 Å². The minimum Gasteiger partial charge on any atom is -0.493 e. The number of nitrogens with one attached hydrogen (secondary N) is 4. The zero-order valence-corrected chi connectivity index (χ0v) is 23.5. The Balaban J connectivity index is 1.60. The third kappa shape index (κ3) is 9.10. The van der Waals surface area contributed by atoms with E-state index in [1.54, 1.807) is 19.7 Å². The summed E-state index contributed by atoms with van der Waals surface area (Å²) in [4.78, 5) is 35.1. The Morgan fingerprint density at radius 3 is 2.31 bits per heavy atom. The van der Waals surface area contributed by atoms with E-state index in [1.165, 1.54) is 0 Å². The lowest BCUT2D eigenvalue weighted by molar-refractivity contribution is -0.129. The summed E-state index contributed by atoms with van der Waals surface area (Å²) in [6, 6.07) is 4.59. The van der Waals surface area contributed by atoms with Crippen LogP contribution in [0, 0.1) is 0 Å². The molecule has 0 radical (unpaired) electrons. The van der Waals surface area contributed by atoms with Gasteiger partial charge in [-0.05, 0) is 45.6 Å². The van der Waals surface area contributed by atoms with Gasteiger partial charge in [-0.15, -0.1) is 0 Å². The van der Waals surface area contributed by atoms with Gasteiger partial charge in [-0.2, -0.15) is 4.98 Å². The van der Waals surface area contributed by atoms with Crippen molar-refractivity contribution < 1.29 is 24.3 Å². The van der Waals surface area contributed by atoms with Gasteiger partial charge in [0.05, 0.1) is 19.7 Å². The number of methoxy groups -OCH3 is 2. The van der Waals surface area contributed by atoms with Crippen LogP contribution >= 0.6 is 0 Å². The summed E-state index contributed by atoms with van der Waals surface area (Å²) in [5, 5.41) is 19.1. The summed E-state index contributed by atoms with van der Waals surface area (Å²) >= 11 is 0. The number of aromatic nitrogens is 2. The van der Waals surface area contributed by atoms with E-state index in [-0.39, 0.29) is 12.3 Å². The van der Waals surface area contributed by atoms with Gasteiger partial charge in [0.15, 0.2) is 11.5 Å². The summed E-state index contributed by atoms with van der Waals surface area (Å²) in [6.45, 7) is 7.43. The molecule has 3 rings (SSSR count). The molecule has 1 aromatic heterocycles. The normalized spacial score (nSPS) is 14.3. The number of unbranched alkanes of at least 4 members (excludes halogenated alkanes) is 2. The Morgan fingerprint density at radius 1 is 1.00 bits per heavy atom. The van der Waals surface area contributed by atoms with Gasteiger partial charge in [0.25, 0.3) is 0 Å². The molecule has 1 fully saturated rings. The molecule has 0 atom stereocenters. The van der Waals surface area contributed by atoms with E-state index in [2.05, 4.69) is 39.7 Å². The molecule has 5 N–H and O–H groups in total. The van der Waals surface area contributed by atoms with Crippen molar-refractivity contribution in [1.82, 2.24) is 25.7 Å². The van der Waals surface area contributed by atoms with Gasteiger partial charge in [-0.25, -0.2) is 10.5 Å². The van der Waals surface area contributed by atoms with Gasteiger partial charge in [-0.1, -0.05) is 6.42 Å². The number of amides is 2. The molecular weight excluding hydrogens is 502 g/mol. The highest BCUT2D eigenvalue weighted by atomic mass is 16.5. The van der Waals surface area contributed by atoms with Gasteiger partial charge in [0.2, 0.25) is 17.8 Å². The van der Waals surface area contributed by atoms with Crippen LogP contribution in [0.3, 0.4) is 0 Å². The van der Waals surface area contributed by atoms with Crippen molar-refractivity contribution in [1.29, 1.82) is 0 Å². The van der Waals surface area contributed by atoms with Crippen molar-refractivity contribution >= 4 is 34.5 Å². The van der Waals surface area contributed by atoms with E-state index in [0.29, 0.717) is 61.9 Å². The molecule has 12 heteroatoms. The molecular formula is C27H43N7O5. The molecule has 1 aliphatic rings. The standard InChI is InChI=1S/C27H43N7O5/c1-18(2)34-14-10-19(11-15-34)30-26-20-16-22(38-3)23(39-4)17-21(20)31-27(32-26)29-13-12-28-24(35)8-6-5-7-9-25(36)33-37/h16-19,37H,5-15H2,1-4H3,(H,28,35)(H,33,36)(H2,29,30,31,32). The first-order chi connectivity index (χ1) is 18.8. The predicted octanol–water partition coefficient (Wildman–Crippen LogP) is 2.92. The van der Waals surface area contributed by atoms with Crippen LogP contribution in [0.5, 0.6) is 11.5 Å². The lowest BCUT2D eigenvalue weighted by Crippen LogP contribution is -2.42. The zero-order valence-electron chi connectivity index (χ0n) is 23.5. The minimum absolute atomic E-state index is 0.0465. The quantitative estimate of drug-likeness (QED) is 0.128. The molecule has 1 aromatic carbocycles. The van der Waals surface area contributed by atoms with Crippen molar-refractivity contribution in [2.24, 2.45) is 0 Å². The number of carbonyl (C=O) groups excluding carboxylic acids is 2. The highest BCUT2D eigenvalue weighted by Crippen LogP contribution is 2.35. The maximum absolute atomic E-state index is 12.1. The van der Waals surface area contributed by atoms with Gasteiger partial charge >= 0.3 is 0 Å².